The summed E-state index contributed by atoms with van der Waals surface area (Å²) in [7, 11) is 4.30. The summed E-state index contributed by atoms with van der Waals surface area (Å²) >= 11 is 6.33. The monoisotopic (exact) mass is 289 g/mol. The van der Waals surface area contributed by atoms with Gasteiger partial charge in [-0.1, -0.05) is 29.8 Å². The van der Waals surface area contributed by atoms with Gasteiger partial charge in [-0.25, -0.2) is 4.98 Å². The highest BCUT2D eigenvalue weighted by atomic mass is 35.5. The molecule has 1 saturated heterocycles. The number of rotatable bonds is 3. The van der Waals surface area contributed by atoms with E-state index in [2.05, 4.69) is 41.0 Å². The molecule has 2 aromatic rings. The number of benzene rings is 1. The van der Waals surface area contributed by atoms with Gasteiger partial charge in [0, 0.05) is 36.6 Å². The molecule has 20 heavy (non-hydrogen) atoms. The summed E-state index contributed by atoms with van der Waals surface area (Å²) < 4.78 is 0. The highest BCUT2D eigenvalue weighted by Gasteiger charge is 2.24. The number of likely N-dealkylation sites (tertiary alicyclic amines) is 1. The normalized spacial score (nSPS) is 20.1. The van der Waals surface area contributed by atoms with Crippen LogP contribution in [0.2, 0.25) is 5.15 Å². The van der Waals surface area contributed by atoms with Crippen LogP contribution in [0, 0.1) is 0 Å². The van der Waals surface area contributed by atoms with Crippen molar-refractivity contribution in [1.82, 2.24) is 14.8 Å². The standard InChI is InChI=1S/C16H20ClN3/c1-19(2)14-7-8-20(11-14)10-13-9-12-5-3-4-6-15(12)18-16(13)17/h3-6,9,14H,7-8,10-11H2,1-2H3. The number of likely N-dealkylation sites (N-methyl/N-ethyl adjacent to an activating group) is 1. The number of hydrogen-bond acceptors (Lipinski definition) is 3. The zero-order chi connectivity index (χ0) is 14.1. The number of fused-ring (bicyclic) bond motifs is 1. The Kier molecular flexibility index (Phi) is 3.92. The van der Waals surface area contributed by atoms with E-state index in [9.17, 15) is 0 Å². The second kappa shape index (κ2) is 5.68. The average molecular weight is 290 g/mol. The molecule has 0 spiro atoms. The molecule has 1 unspecified atom stereocenters. The summed E-state index contributed by atoms with van der Waals surface area (Å²) in [6, 6.07) is 11.0. The quantitative estimate of drug-likeness (QED) is 0.810. The molecule has 3 nitrogen and oxygen atoms in total. The molecular weight excluding hydrogens is 270 g/mol. The first-order valence-corrected chi connectivity index (χ1v) is 7.44. The van der Waals surface area contributed by atoms with E-state index < -0.39 is 0 Å². The van der Waals surface area contributed by atoms with Gasteiger partial charge in [-0.3, -0.25) is 4.90 Å². The van der Waals surface area contributed by atoms with Crippen LogP contribution >= 0.6 is 11.6 Å². The van der Waals surface area contributed by atoms with E-state index in [-0.39, 0.29) is 0 Å². The fourth-order valence-corrected chi connectivity index (χ4v) is 3.07. The number of nitrogens with zero attached hydrogens (tertiary/aromatic N) is 3. The van der Waals surface area contributed by atoms with Crippen LogP contribution < -0.4 is 0 Å². The zero-order valence-electron chi connectivity index (χ0n) is 12.0. The number of hydrogen-bond donors (Lipinski definition) is 0. The van der Waals surface area contributed by atoms with Gasteiger partial charge in [-0.2, -0.15) is 0 Å². The van der Waals surface area contributed by atoms with Crippen LogP contribution in [0.15, 0.2) is 30.3 Å². The summed E-state index contributed by atoms with van der Waals surface area (Å²) in [4.78, 5) is 9.27. The molecule has 0 N–H and O–H groups in total. The van der Waals surface area contributed by atoms with E-state index >= 15 is 0 Å². The molecule has 4 heteroatoms. The van der Waals surface area contributed by atoms with Crippen LogP contribution in [0.1, 0.15) is 12.0 Å². The highest BCUT2D eigenvalue weighted by Crippen LogP contribution is 2.24. The van der Waals surface area contributed by atoms with Crippen molar-refractivity contribution in [1.29, 1.82) is 0 Å². The van der Waals surface area contributed by atoms with Crippen molar-refractivity contribution in [2.75, 3.05) is 27.2 Å². The Morgan fingerprint density at radius 2 is 2.15 bits per heavy atom. The summed E-state index contributed by atoms with van der Waals surface area (Å²) in [5.41, 5.74) is 2.10. The Morgan fingerprint density at radius 1 is 1.35 bits per heavy atom. The largest absolute Gasteiger partial charge is 0.305 e. The van der Waals surface area contributed by atoms with Crippen LogP contribution in [0.4, 0.5) is 0 Å². The topological polar surface area (TPSA) is 19.4 Å². The molecular formula is C16H20ClN3. The molecule has 0 radical (unpaired) electrons. The molecule has 2 heterocycles. The number of aromatic nitrogens is 1. The first kappa shape index (κ1) is 13.8. The minimum atomic E-state index is 0.636. The second-order valence-electron chi connectivity index (χ2n) is 5.77. The van der Waals surface area contributed by atoms with Gasteiger partial charge in [0.15, 0.2) is 0 Å². The minimum Gasteiger partial charge on any atom is -0.305 e. The lowest BCUT2D eigenvalue weighted by Crippen LogP contribution is -2.31. The van der Waals surface area contributed by atoms with Gasteiger partial charge in [-0.05, 0) is 32.6 Å². The third-order valence-corrected chi connectivity index (χ3v) is 4.45. The Balaban J connectivity index is 1.79. The van der Waals surface area contributed by atoms with Gasteiger partial charge in [0.1, 0.15) is 5.15 Å². The van der Waals surface area contributed by atoms with E-state index in [1.807, 2.05) is 18.2 Å². The van der Waals surface area contributed by atoms with Gasteiger partial charge < -0.3 is 4.90 Å². The molecule has 0 aliphatic carbocycles. The van der Waals surface area contributed by atoms with Crippen LogP contribution in [0.5, 0.6) is 0 Å². The molecule has 1 fully saturated rings. The number of para-hydroxylation sites is 1. The maximum Gasteiger partial charge on any atom is 0.134 e. The summed E-state index contributed by atoms with van der Waals surface area (Å²) in [5.74, 6) is 0. The molecule has 0 saturated carbocycles. The average Bonchev–Trinajstić information content (AvgIpc) is 2.88. The predicted octanol–water partition coefficient (Wildman–Crippen LogP) is 3.02. The van der Waals surface area contributed by atoms with Crippen LogP contribution in [0.3, 0.4) is 0 Å². The Morgan fingerprint density at radius 3 is 2.90 bits per heavy atom. The molecule has 0 amide bonds. The van der Waals surface area contributed by atoms with Crippen molar-refractivity contribution < 1.29 is 0 Å². The lowest BCUT2D eigenvalue weighted by molar-refractivity contribution is 0.264. The zero-order valence-corrected chi connectivity index (χ0v) is 12.8. The molecule has 106 valence electrons. The lowest BCUT2D eigenvalue weighted by Gasteiger charge is -2.20. The van der Waals surface area contributed by atoms with E-state index in [4.69, 9.17) is 11.6 Å². The van der Waals surface area contributed by atoms with Gasteiger partial charge in [0.05, 0.1) is 5.52 Å². The maximum atomic E-state index is 6.33. The maximum absolute atomic E-state index is 6.33. The van der Waals surface area contributed by atoms with Gasteiger partial charge in [-0.15, -0.1) is 0 Å². The van der Waals surface area contributed by atoms with E-state index in [0.717, 1.165) is 36.1 Å². The molecule has 0 bridgehead atoms. The van der Waals surface area contributed by atoms with E-state index in [1.54, 1.807) is 0 Å². The Bertz CT molecular complexity index is 612. The minimum absolute atomic E-state index is 0.636. The first-order chi connectivity index (χ1) is 9.63. The Hall–Kier alpha value is -1.16. The molecule has 1 aliphatic heterocycles. The van der Waals surface area contributed by atoms with Gasteiger partial charge >= 0.3 is 0 Å². The summed E-state index contributed by atoms with van der Waals surface area (Å²) in [5, 5.41) is 1.80. The fraction of sp³-hybridized carbons (Fsp3) is 0.438. The van der Waals surface area contributed by atoms with Crippen molar-refractivity contribution in [3.8, 4) is 0 Å². The molecule has 3 rings (SSSR count). The highest BCUT2D eigenvalue weighted by molar-refractivity contribution is 6.30. The third kappa shape index (κ3) is 2.80. The Labute approximate surface area is 125 Å². The van der Waals surface area contributed by atoms with Gasteiger partial charge in [0.25, 0.3) is 0 Å². The molecule has 1 aliphatic rings. The fourth-order valence-electron chi connectivity index (χ4n) is 2.87. The number of pyridine rings is 1. The molecule has 1 atom stereocenters. The van der Waals surface area contributed by atoms with Crippen LogP contribution in [0.25, 0.3) is 10.9 Å². The molecule has 1 aromatic carbocycles. The second-order valence-corrected chi connectivity index (χ2v) is 6.13. The predicted molar refractivity (Wildman–Crippen MR) is 84.1 cm³/mol. The number of halogens is 1. The van der Waals surface area contributed by atoms with Crippen molar-refractivity contribution in [3.05, 3.63) is 41.0 Å². The molecule has 1 aromatic heterocycles. The first-order valence-electron chi connectivity index (χ1n) is 7.06. The third-order valence-electron chi connectivity index (χ3n) is 4.12. The smallest absolute Gasteiger partial charge is 0.134 e. The van der Waals surface area contributed by atoms with Crippen molar-refractivity contribution in [2.45, 2.75) is 19.0 Å². The van der Waals surface area contributed by atoms with Crippen molar-refractivity contribution in [2.24, 2.45) is 0 Å². The van der Waals surface area contributed by atoms with Crippen LogP contribution in [-0.2, 0) is 6.54 Å². The van der Waals surface area contributed by atoms with Crippen molar-refractivity contribution >= 4 is 22.5 Å². The van der Waals surface area contributed by atoms with Crippen molar-refractivity contribution in [3.63, 3.8) is 0 Å². The lowest BCUT2D eigenvalue weighted by atomic mass is 10.1. The van der Waals surface area contributed by atoms with E-state index in [1.165, 1.54) is 6.42 Å². The summed E-state index contributed by atoms with van der Waals surface area (Å²) in [6.45, 7) is 3.13. The van der Waals surface area contributed by atoms with E-state index in [0.29, 0.717) is 11.2 Å². The van der Waals surface area contributed by atoms with Crippen LogP contribution in [-0.4, -0.2) is 48.0 Å². The van der Waals surface area contributed by atoms with Gasteiger partial charge in [0.2, 0.25) is 0 Å². The SMILES string of the molecule is CN(C)C1CCN(Cc2cc3ccccc3nc2Cl)C1. The summed E-state index contributed by atoms with van der Waals surface area (Å²) in [6.07, 6.45) is 1.23.